The van der Waals surface area contributed by atoms with Crippen molar-refractivity contribution in [2.45, 2.75) is 50.7 Å². The third kappa shape index (κ3) is 5.62. The maximum absolute atomic E-state index is 11.9. The Kier molecular flexibility index (Phi) is 7.09. The molecule has 0 saturated carbocycles. The number of hydrogen-bond donors (Lipinski definition) is 7. The van der Waals surface area contributed by atoms with Crippen LogP contribution in [0.15, 0.2) is 11.3 Å². The van der Waals surface area contributed by atoms with Crippen LogP contribution >= 0.6 is 0 Å². The van der Waals surface area contributed by atoms with Gasteiger partial charge in [0.1, 0.15) is 11.9 Å². The lowest BCUT2D eigenvalue weighted by Gasteiger charge is -2.43. The topological polar surface area (TPSA) is 217 Å². The fraction of sp³-hybridized carbons (Fsp3) is 0.692. The quantitative estimate of drug-likeness (QED) is 0.193. The van der Waals surface area contributed by atoms with Gasteiger partial charge in [0.2, 0.25) is 5.91 Å². The molecule has 0 aromatic rings. The van der Waals surface area contributed by atoms with Gasteiger partial charge in [0.05, 0.1) is 29.9 Å². The molecule has 1 aliphatic heterocycles. The summed E-state index contributed by atoms with van der Waals surface area (Å²) in [6, 6.07) is -1.55. The highest BCUT2D eigenvalue weighted by Gasteiger charge is 2.50. The zero-order valence-corrected chi connectivity index (χ0v) is 14.8. The SMILES string of the molecule is CC(N)C(=O)NC1C(C)OC(=O)C2=C(O)CC(O)C(O)C21.O=S(=O)(O)O. The lowest BCUT2D eigenvalue weighted by molar-refractivity contribution is -0.159. The number of rotatable bonds is 2. The van der Waals surface area contributed by atoms with E-state index in [1.54, 1.807) is 6.92 Å². The first-order chi connectivity index (χ1) is 11.7. The molecule has 0 spiro atoms. The Morgan fingerprint density at radius 1 is 1.35 bits per heavy atom. The summed E-state index contributed by atoms with van der Waals surface area (Å²) in [5.41, 5.74) is 5.39. The van der Waals surface area contributed by atoms with Gasteiger partial charge in [-0.05, 0) is 13.8 Å². The van der Waals surface area contributed by atoms with Crippen LogP contribution in [0.2, 0.25) is 0 Å². The number of aliphatic hydroxyl groups excluding tert-OH is 3. The third-order valence-corrected chi connectivity index (χ3v) is 3.94. The van der Waals surface area contributed by atoms with Gasteiger partial charge in [-0.1, -0.05) is 0 Å². The molecule has 0 aromatic heterocycles. The molecule has 2 aliphatic rings. The number of nitrogens with one attached hydrogen (secondary N) is 1. The molecular weight excluding hydrogens is 376 g/mol. The summed E-state index contributed by atoms with van der Waals surface area (Å²) in [5.74, 6) is -2.49. The standard InChI is InChI=1S/C13H20N2O6.H2O4S/c1-4(14)12(19)15-10-5(2)21-13(20)8-6(16)3-7(17)11(18)9(8)10;1-5(2,3)4/h4-5,7,9-11,16-18H,3,14H2,1-2H3,(H,15,19);(H2,1,2,3,4). The van der Waals surface area contributed by atoms with Crippen molar-refractivity contribution in [1.29, 1.82) is 0 Å². The van der Waals surface area contributed by atoms with Gasteiger partial charge in [-0.2, -0.15) is 8.42 Å². The van der Waals surface area contributed by atoms with Gasteiger partial charge in [0, 0.05) is 12.3 Å². The first-order valence-corrected chi connectivity index (χ1v) is 8.88. The molecule has 13 heteroatoms. The number of amides is 1. The van der Waals surface area contributed by atoms with E-state index in [1.165, 1.54) is 6.92 Å². The normalized spacial score (nSPS) is 32.6. The number of carbonyl (C=O) groups is 2. The van der Waals surface area contributed by atoms with E-state index >= 15 is 0 Å². The molecule has 1 heterocycles. The molecule has 12 nitrogen and oxygen atoms in total. The van der Waals surface area contributed by atoms with E-state index in [9.17, 15) is 24.9 Å². The Balaban J connectivity index is 0.000000597. The molecule has 0 radical (unpaired) electrons. The second-order valence-corrected chi connectivity index (χ2v) is 6.93. The Morgan fingerprint density at radius 2 is 1.85 bits per heavy atom. The Labute approximate surface area is 149 Å². The highest BCUT2D eigenvalue weighted by atomic mass is 32.3. The predicted molar refractivity (Wildman–Crippen MR) is 85.1 cm³/mol. The van der Waals surface area contributed by atoms with Crippen molar-refractivity contribution in [3.63, 3.8) is 0 Å². The van der Waals surface area contributed by atoms with Crippen molar-refractivity contribution in [3.05, 3.63) is 11.3 Å². The fourth-order valence-corrected chi connectivity index (χ4v) is 2.78. The molecule has 6 unspecified atom stereocenters. The number of ether oxygens (including phenoxy) is 1. The number of hydrogen-bond acceptors (Lipinski definition) is 9. The number of aliphatic hydroxyl groups is 3. The molecule has 1 aliphatic carbocycles. The average Bonchev–Trinajstić information content (AvgIpc) is 2.45. The van der Waals surface area contributed by atoms with E-state index in [1.807, 2.05) is 0 Å². The van der Waals surface area contributed by atoms with Crippen LogP contribution < -0.4 is 11.1 Å². The number of carbonyl (C=O) groups excluding carboxylic acids is 2. The predicted octanol–water partition coefficient (Wildman–Crippen LogP) is -2.34. The molecule has 6 atom stereocenters. The Morgan fingerprint density at radius 3 is 2.31 bits per heavy atom. The number of fused-ring (bicyclic) bond motifs is 1. The van der Waals surface area contributed by atoms with Gasteiger partial charge in [-0.15, -0.1) is 0 Å². The van der Waals surface area contributed by atoms with Crippen LogP contribution in [-0.4, -0.2) is 75.1 Å². The maximum Gasteiger partial charge on any atom is 0.394 e. The van der Waals surface area contributed by atoms with E-state index < -0.39 is 58.6 Å². The highest BCUT2D eigenvalue weighted by molar-refractivity contribution is 7.79. The van der Waals surface area contributed by atoms with Crippen LogP contribution in [0.5, 0.6) is 0 Å². The maximum atomic E-state index is 11.9. The summed E-state index contributed by atoms with van der Waals surface area (Å²) >= 11 is 0. The van der Waals surface area contributed by atoms with Crippen molar-refractivity contribution < 1.29 is 47.2 Å². The molecule has 0 aromatic carbocycles. The molecule has 1 saturated heterocycles. The molecule has 8 N–H and O–H groups in total. The second-order valence-electron chi connectivity index (χ2n) is 6.03. The van der Waals surface area contributed by atoms with E-state index in [0.29, 0.717) is 0 Å². The lowest BCUT2D eigenvalue weighted by Crippen LogP contribution is -2.61. The van der Waals surface area contributed by atoms with Crippen LogP contribution in [-0.2, 0) is 24.7 Å². The fourth-order valence-electron chi connectivity index (χ4n) is 2.78. The molecule has 150 valence electrons. The van der Waals surface area contributed by atoms with Crippen LogP contribution in [0.4, 0.5) is 0 Å². The highest BCUT2D eigenvalue weighted by Crippen LogP contribution is 2.37. The zero-order chi connectivity index (χ0) is 20.4. The van der Waals surface area contributed by atoms with Crippen LogP contribution in [0.3, 0.4) is 0 Å². The van der Waals surface area contributed by atoms with Crippen molar-refractivity contribution in [2.75, 3.05) is 0 Å². The van der Waals surface area contributed by atoms with Crippen molar-refractivity contribution >= 4 is 22.3 Å². The zero-order valence-electron chi connectivity index (χ0n) is 13.9. The van der Waals surface area contributed by atoms with Crippen LogP contribution in [0, 0.1) is 5.92 Å². The Bertz CT molecular complexity index is 681. The van der Waals surface area contributed by atoms with E-state index in [-0.39, 0.29) is 17.8 Å². The lowest BCUT2D eigenvalue weighted by atomic mass is 9.74. The molecule has 2 rings (SSSR count). The summed E-state index contributed by atoms with van der Waals surface area (Å²) in [6.45, 7) is 3.06. The summed E-state index contributed by atoms with van der Waals surface area (Å²) in [4.78, 5) is 23.7. The number of cyclic esters (lactones) is 1. The molecule has 26 heavy (non-hydrogen) atoms. The van der Waals surface area contributed by atoms with Crippen LogP contribution in [0.25, 0.3) is 0 Å². The first kappa shape index (κ1) is 22.3. The van der Waals surface area contributed by atoms with E-state index in [0.717, 1.165) is 0 Å². The molecule has 0 bridgehead atoms. The van der Waals surface area contributed by atoms with Gasteiger partial charge >= 0.3 is 16.4 Å². The van der Waals surface area contributed by atoms with Crippen LogP contribution in [0.1, 0.15) is 20.3 Å². The smallest absolute Gasteiger partial charge is 0.394 e. The van der Waals surface area contributed by atoms with Gasteiger partial charge in [-0.25, -0.2) is 4.79 Å². The van der Waals surface area contributed by atoms with E-state index in [4.69, 9.17) is 28.0 Å². The van der Waals surface area contributed by atoms with Crippen molar-refractivity contribution in [2.24, 2.45) is 11.7 Å². The van der Waals surface area contributed by atoms with Gasteiger partial charge in [0.15, 0.2) is 0 Å². The van der Waals surface area contributed by atoms with Gasteiger partial charge in [0.25, 0.3) is 0 Å². The molecule has 1 amide bonds. The number of esters is 1. The summed E-state index contributed by atoms with van der Waals surface area (Å²) in [5, 5.41) is 32.4. The van der Waals surface area contributed by atoms with Gasteiger partial charge in [-0.3, -0.25) is 13.9 Å². The van der Waals surface area contributed by atoms with Crippen molar-refractivity contribution in [1.82, 2.24) is 5.32 Å². The number of nitrogens with two attached hydrogens (primary N) is 1. The van der Waals surface area contributed by atoms with Crippen molar-refractivity contribution in [3.8, 4) is 0 Å². The summed E-state index contributed by atoms with van der Waals surface area (Å²) < 4.78 is 36.7. The largest absolute Gasteiger partial charge is 0.512 e. The summed E-state index contributed by atoms with van der Waals surface area (Å²) in [7, 11) is -4.67. The first-order valence-electron chi connectivity index (χ1n) is 7.49. The minimum Gasteiger partial charge on any atom is -0.512 e. The molecular formula is C13H22N2O10S. The summed E-state index contributed by atoms with van der Waals surface area (Å²) in [6.07, 6.45) is -3.46. The molecule has 1 fully saturated rings. The van der Waals surface area contributed by atoms with Gasteiger partial charge < -0.3 is 31.1 Å². The minimum absolute atomic E-state index is 0.0964. The third-order valence-electron chi connectivity index (χ3n) is 3.94. The second kappa shape index (κ2) is 8.28. The van der Waals surface area contributed by atoms with E-state index in [2.05, 4.69) is 5.32 Å². The Hall–Kier alpha value is -1.77. The minimum atomic E-state index is -4.67. The monoisotopic (exact) mass is 398 g/mol. The average molecular weight is 398 g/mol.